The number of hydrogen-bond donors (Lipinski definition) is 1. The molecule has 0 spiro atoms. The number of amides is 1. The first-order chi connectivity index (χ1) is 6.90. The minimum absolute atomic E-state index is 0.0499. The Labute approximate surface area is 97.0 Å². The van der Waals surface area contributed by atoms with Crippen molar-refractivity contribution in [1.29, 1.82) is 0 Å². The predicted molar refractivity (Wildman–Crippen MR) is 57.9 cm³/mol. The van der Waals surface area contributed by atoms with Crippen molar-refractivity contribution in [2.45, 2.75) is 30.0 Å². The number of halogens is 1. The Kier molecular flexibility index (Phi) is 2.43. The molecule has 6 heteroatoms. The van der Waals surface area contributed by atoms with Gasteiger partial charge in [-0.05, 0) is 13.8 Å². The lowest BCUT2D eigenvalue weighted by atomic mass is 9.93. The largest absolute Gasteiger partial charge is 0.480 e. The van der Waals surface area contributed by atoms with Gasteiger partial charge in [0.2, 0.25) is 5.91 Å². The highest BCUT2D eigenvalue weighted by molar-refractivity contribution is 8.01. The molecule has 4 nitrogen and oxygen atoms in total. The zero-order chi connectivity index (χ0) is 11.4. The lowest BCUT2D eigenvalue weighted by Gasteiger charge is -2.42. The topological polar surface area (TPSA) is 57.6 Å². The van der Waals surface area contributed by atoms with Crippen LogP contribution in [0.25, 0.3) is 0 Å². The summed E-state index contributed by atoms with van der Waals surface area (Å²) in [5, 5.41) is 9.06. The molecule has 0 aromatic carbocycles. The van der Waals surface area contributed by atoms with Crippen molar-refractivity contribution in [1.82, 2.24) is 4.90 Å². The van der Waals surface area contributed by atoms with Crippen LogP contribution in [0.3, 0.4) is 0 Å². The Morgan fingerprint density at radius 2 is 2.27 bits per heavy atom. The van der Waals surface area contributed by atoms with E-state index in [0.717, 1.165) is 0 Å². The highest BCUT2D eigenvalue weighted by Crippen LogP contribution is 2.53. The van der Waals surface area contributed by atoms with Gasteiger partial charge in [0.1, 0.15) is 6.04 Å². The average molecular weight is 250 g/mol. The number of alkyl halides is 1. The second-order valence-corrected chi connectivity index (χ2v) is 6.44. The van der Waals surface area contributed by atoms with Crippen molar-refractivity contribution in [3.8, 4) is 0 Å². The molecule has 15 heavy (non-hydrogen) atoms. The highest BCUT2D eigenvalue weighted by Gasteiger charge is 2.63. The number of fused-ring (bicyclic) bond motifs is 1. The Morgan fingerprint density at radius 3 is 2.73 bits per heavy atom. The summed E-state index contributed by atoms with van der Waals surface area (Å²) in [4.78, 5) is 24.2. The normalized spacial score (nSPS) is 37.4. The number of nitrogens with zero attached hydrogens (tertiary/aromatic N) is 1. The van der Waals surface area contributed by atoms with Crippen LogP contribution in [0.5, 0.6) is 0 Å². The van der Waals surface area contributed by atoms with Crippen LogP contribution < -0.4 is 0 Å². The number of β-lactam (4-membered cyclic amide) rings is 1. The van der Waals surface area contributed by atoms with E-state index < -0.39 is 16.8 Å². The molecule has 1 N–H and O–H groups in total. The number of thioether (sulfide) groups is 1. The van der Waals surface area contributed by atoms with Gasteiger partial charge in [0.05, 0.1) is 11.3 Å². The Balaban J connectivity index is 2.28. The van der Waals surface area contributed by atoms with Gasteiger partial charge in [-0.1, -0.05) is 0 Å². The van der Waals surface area contributed by atoms with Crippen LogP contribution in [0.2, 0.25) is 0 Å². The van der Waals surface area contributed by atoms with Gasteiger partial charge in [0, 0.05) is 10.6 Å². The fourth-order valence-corrected chi connectivity index (χ4v) is 4.32. The van der Waals surface area contributed by atoms with Crippen molar-refractivity contribution in [3.05, 3.63) is 0 Å². The summed E-state index contributed by atoms with van der Waals surface area (Å²) in [5.74, 6) is -0.993. The average Bonchev–Trinajstić information content (AvgIpc) is 2.35. The summed E-state index contributed by atoms with van der Waals surface area (Å²) in [6.07, 6.45) is 0. The molecule has 2 aliphatic rings. The fraction of sp³-hybridized carbons (Fsp3) is 0.778. The fourth-order valence-electron chi connectivity index (χ4n) is 2.23. The summed E-state index contributed by atoms with van der Waals surface area (Å²) in [6, 6.07) is -0.723. The molecule has 1 unspecified atom stereocenters. The third kappa shape index (κ3) is 1.36. The van der Waals surface area contributed by atoms with E-state index in [1.165, 1.54) is 16.7 Å². The van der Waals surface area contributed by atoms with Gasteiger partial charge in [-0.2, -0.15) is 0 Å². The number of aliphatic carboxylic acids is 1. The minimum atomic E-state index is -0.934. The molecular formula is C9H12ClNO3S. The molecule has 2 fully saturated rings. The molecule has 3 atom stereocenters. The first-order valence-electron chi connectivity index (χ1n) is 4.69. The summed E-state index contributed by atoms with van der Waals surface area (Å²) >= 11 is 7.21. The first kappa shape index (κ1) is 11.1. The smallest absolute Gasteiger partial charge is 0.327 e. The maximum absolute atomic E-state index is 11.6. The molecule has 0 aromatic rings. The van der Waals surface area contributed by atoms with E-state index >= 15 is 0 Å². The molecule has 0 aliphatic carbocycles. The van der Waals surface area contributed by atoms with Crippen molar-refractivity contribution < 1.29 is 14.7 Å². The zero-order valence-electron chi connectivity index (χ0n) is 8.44. The van der Waals surface area contributed by atoms with E-state index in [1.807, 2.05) is 13.8 Å². The van der Waals surface area contributed by atoms with Gasteiger partial charge >= 0.3 is 5.97 Å². The Hall–Kier alpha value is -0.420. The number of carboxylic acid groups (broad SMARTS) is 1. The number of carboxylic acids is 1. The number of hydrogen-bond acceptors (Lipinski definition) is 3. The maximum atomic E-state index is 11.6. The van der Waals surface area contributed by atoms with E-state index in [-0.39, 0.29) is 23.1 Å². The van der Waals surface area contributed by atoms with Crippen LogP contribution in [0.4, 0.5) is 0 Å². The van der Waals surface area contributed by atoms with Crippen molar-refractivity contribution >= 4 is 35.2 Å². The number of carbonyl (C=O) groups is 2. The van der Waals surface area contributed by atoms with Crippen LogP contribution in [0.15, 0.2) is 0 Å². The Morgan fingerprint density at radius 1 is 1.67 bits per heavy atom. The summed E-state index contributed by atoms with van der Waals surface area (Å²) in [7, 11) is 0. The van der Waals surface area contributed by atoms with Crippen LogP contribution in [0.1, 0.15) is 13.8 Å². The summed E-state index contributed by atoms with van der Waals surface area (Å²) in [5.41, 5.74) is 0. The second-order valence-electron chi connectivity index (χ2n) is 4.36. The molecule has 0 saturated carbocycles. The zero-order valence-corrected chi connectivity index (χ0v) is 10.0. The highest BCUT2D eigenvalue weighted by atomic mass is 35.5. The quantitative estimate of drug-likeness (QED) is 0.586. The third-order valence-corrected chi connectivity index (χ3v) is 4.91. The van der Waals surface area contributed by atoms with Gasteiger partial charge in [-0.25, -0.2) is 4.79 Å². The van der Waals surface area contributed by atoms with E-state index in [0.29, 0.717) is 0 Å². The summed E-state index contributed by atoms with van der Waals surface area (Å²) in [6.45, 7) is 3.71. The van der Waals surface area contributed by atoms with Crippen molar-refractivity contribution in [2.24, 2.45) is 5.92 Å². The van der Waals surface area contributed by atoms with E-state index in [1.54, 1.807) is 0 Å². The van der Waals surface area contributed by atoms with Crippen LogP contribution in [-0.4, -0.2) is 43.9 Å². The molecule has 0 bridgehead atoms. The van der Waals surface area contributed by atoms with E-state index in [9.17, 15) is 9.59 Å². The standard InChI is InChI=1S/C9H12ClNO3S/c1-9(2)5(8(13)14)11-6(12)4(3-10)7(11)15-9/h4-5,7H,3H2,1-2H3,(H,13,14)/t4?,5-,7+/m0/s1. The summed E-state index contributed by atoms with van der Waals surface area (Å²) < 4.78 is -0.438. The van der Waals surface area contributed by atoms with Gasteiger partial charge in [-0.15, -0.1) is 23.4 Å². The van der Waals surface area contributed by atoms with E-state index in [2.05, 4.69) is 0 Å². The minimum Gasteiger partial charge on any atom is -0.480 e. The Bertz CT molecular complexity index is 333. The van der Waals surface area contributed by atoms with Gasteiger partial charge in [0.25, 0.3) is 0 Å². The predicted octanol–water partition coefficient (Wildman–Crippen LogP) is 0.988. The first-order valence-corrected chi connectivity index (χ1v) is 6.10. The molecule has 2 saturated heterocycles. The van der Waals surface area contributed by atoms with Gasteiger partial charge in [0.15, 0.2) is 0 Å². The van der Waals surface area contributed by atoms with Gasteiger partial charge in [-0.3, -0.25) is 4.79 Å². The molecule has 2 aliphatic heterocycles. The molecule has 0 aromatic heterocycles. The van der Waals surface area contributed by atoms with Crippen LogP contribution in [-0.2, 0) is 9.59 Å². The van der Waals surface area contributed by atoms with Gasteiger partial charge < -0.3 is 10.0 Å². The SMILES string of the molecule is CC1(C)S[C@@H]2C(CCl)C(=O)N2[C@H]1C(=O)O. The molecular weight excluding hydrogens is 238 g/mol. The van der Waals surface area contributed by atoms with Crippen LogP contribution >= 0.6 is 23.4 Å². The lowest BCUT2D eigenvalue weighted by Crippen LogP contribution is -2.63. The third-order valence-electron chi connectivity index (χ3n) is 2.95. The number of carbonyl (C=O) groups excluding carboxylic acids is 1. The maximum Gasteiger partial charge on any atom is 0.327 e. The molecule has 84 valence electrons. The monoisotopic (exact) mass is 249 g/mol. The lowest BCUT2D eigenvalue weighted by molar-refractivity contribution is -0.162. The van der Waals surface area contributed by atoms with Crippen molar-refractivity contribution in [2.75, 3.05) is 5.88 Å². The van der Waals surface area contributed by atoms with E-state index in [4.69, 9.17) is 16.7 Å². The second kappa shape index (κ2) is 3.28. The molecule has 2 heterocycles. The van der Waals surface area contributed by atoms with Crippen LogP contribution in [0, 0.1) is 5.92 Å². The molecule has 2 rings (SSSR count). The number of rotatable bonds is 2. The van der Waals surface area contributed by atoms with Crippen molar-refractivity contribution in [3.63, 3.8) is 0 Å². The molecule has 0 radical (unpaired) electrons. The molecule has 1 amide bonds.